The molecule has 1 nitrogen and oxygen atoms in total. The Morgan fingerprint density at radius 1 is 1.43 bits per heavy atom. The van der Waals surface area contributed by atoms with E-state index < -0.39 is 0 Å². The van der Waals surface area contributed by atoms with Gasteiger partial charge in [0, 0.05) is 11.5 Å². The van der Waals surface area contributed by atoms with E-state index in [2.05, 4.69) is 19.1 Å². The van der Waals surface area contributed by atoms with Crippen molar-refractivity contribution in [3.05, 3.63) is 35.4 Å². The Morgan fingerprint density at radius 3 is 2.86 bits per heavy atom. The second-order valence-electron chi connectivity index (χ2n) is 4.09. The highest BCUT2D eigenvalue weighted by Crippen LogP contribution is 2.32. The van der Waals surface area contributed by atoms with Crippen LogP contribution in [0.3, 0.4) is 0 Å². The largest absolute Gasteiger partial charge is 0.294 e. The fraction of sp³-hybridized carbons (Fsp3) is 0.462. The van der Waals surface area contributed by atoms with Gasteiger partial charge in [0.2, 0.25) is 0 Å². The predicted molar refractivity (Wildman–Crippen MR) is 57.5 cm³/mol. The normalized spacial score (nSPS) is 15.5. The number of carbonyl (C=O) groups excluding carboxylic acids is 1. The first kappa shape index (κ1) is 9.45. The van der Waals surface area contributed by atoms with Crippen LogP contribution in [0.2, 0.25) is 0 Å². The summed E-state index contributed by atoms with van der Waals surface area (Å²) in [6.45, 7) is 2.16. The molecule has 1 heteroatoms. The van der Waals surface area contributed by atoms with Gasteiger partial charge in [-0.1, -0.05) is 31.5 Å². The lowest BCUT2D eigenvalue weighted by Crippen LogP contribution is -2.01. The van der Waals surface area contributed by atoms with Gasteiger partial charge < -0.3 is 0 Å². The van der Waals surface area contributed by atoms with Gasteiger partial charge in [0.15, 0.2) is 5.78 Å². The molecule has 2 rings (SSSR count). The van der Waals surface area contributed by atoms with Crippen LogP contribution in [0.4, 0.5) is 0 Å². The van der Waals surface area contributed by atoms with Crippen molar-refractivity contribution >= 4 is 5.78 Å². The minimum absolute atomic E-state index is 0.340. The molecule has 0 atom stereocenters. The zero-order valence-electron chi connectivity index (χ0n) is 8.62. The number of hydrogen-bond acceptors (Lipinski definition) is 1. The lowest BCUT2D eigenvalue weighted by Gasteiger charge is -2.02. The summed E-state index contributed by atoms with van der Waals surface area (Å²) in [5.74, 6) is 0.690. The van der Waals surface area contributed by atoms with Crippen LogP contribution in [0.15, 0.2) is 24.3 Å². The van der Waals surface area contributed by atoms with Crippen LogP contribution in [0.25, 0.3) is 0 Å². The van der Waals surface area contributed by atoms with E-state index in [0.717, 1.165) is 31.2 Å². The van der Waals surface area contributed by atoms with Crippen LogP contribution in [-0.4, -0.2) is 5.78 Å². The van der Waals surface area contributed by atoms with Crippen LogP contribution < -0.4 is 0 Å². The molecule has 0 aromatic heterocycles. The van der Waals surface area contributed by atoms with Gasteiger partial charge >= 0.3 is 0 Å². The van der Waals surface area contributed by atoms with Crippen molar-refractivity contribution < 1.29 is 4.79 Å². The summed E-state index contributed by atoms with van der Waals surface area (Å²) in [6.07, 6.45) is 4.40. The molecular formula is C13H16O. The van der Waals surface area contributed by atoms with Gasteiger partial charge in [-0.25, -0.2) is 0 Å². The maximum absolute atomic E-state index is 11.8. The van der Waals surface area contributed by atoms with Gasteiger partial charge in [0.1, 0.15) is 0 Å². The van der Waals surface area contributed by atoms with E-state index in [1.165, 1.54) is 5.56 Å². The first-order chi connectivity index (χ1) is 6.81. The third-order valence-corrected chi connectivity index (χ3v) is 2.70. The van der Waals surface area contributed by atoms with E-state index in [-0.39, 0.29) is 0 Å². The molecule has 0 radical (unpaired) electrons. The molecular weight excluding hydrogens is 172 g/mol. The second kappa shape index (κ2) is 3.95. The number of rotatable bonds is 4. The molecule has 0 unspecified atom stereocenters. The summed E-state index contributed by atoms with van der Waals surface area (Å²) >= 11 is 0. The van der Waals surface area contributed by atoms with Crippen molar-refractivity contribution in [3.8, 4) is 0 Å². The van der Waals surface area contributed by atoms with Crippen molar-refractivity contribution in [1.82, 2.24) is 0 Å². The highest BCUT2D eigenvalue weighted by molar-refractivity contribution is 5.99. The molecule has 1 aliphatic rings. The van der Waals surface area contributed by atoms with Crippen molar-refractivity contribution in [2.45, 2.75) is 32.6 Å². The number of carbonyl (C=O) groups is 1. The Kier molecular flexibility index (Phi) is 2.67. The highest BCUT2D eigenvalue weighted by Gasteiger charge is 2.30. The van der Waals surface area contributed by atoms with E-state index in [1.54, 1.807) is 0 Å². The van der Waals surface area contributed by atoms with E-state index in [0.29, 0.717) is 11.7 Å². The van der Waals surface area contributed by atoms with Gasteiger partial charge in [-0.15, -0.1) is 0 Å². The minimum atomic E-state index is 0.340. The molecule has 1 aromatic rings. The molecule has 1 saturated carbocycles. The molecule has 1 fully saturated rings. The number of benzene rings is 1. The third kappa shape index (κ3) is 2.03. The first-order valence-corrected chi connectivity index (χ1v) is 5.44. The van der Waals surface area contributed by atoms with E-state index in [9.17, 15) is 4.79 Å². The molecule has 0 saturated heterocycles. The molecule has 0 bridgehead atoms. The van der Waals surface area contributed by atoms with Gasteiger partial charge in [0.05, 0.1) is 0 Å². The Morgan fingerprint density at radius 2 is 2.21 bits per heavy atom. The SMILES string of the molecule is CCCc1cccc(C(=O)C2CC2)c1. The summed E-state index contributed by atoms with van der Waals surface area (Å²) in [5, 5.41) is 0. The molecule has 0 N–H and O–H groups in total. The van der Waals surface area contributed by atoms with Gasteiger partial charge in [-0.05, 0) is 30.9 Å². The fourth-order valence-corrected chi connectivity index (χ4v) is 1.75. The lowest BCUT2D eigenvalue weighted by atomic mass is 10.0. The summed E-state index contributed by atoms with van der Waals surface area (Å²) in [5.41, 5.74) is 2.21. The first-order valence-electron chi connectivity index (χ1n) is 5.44. The number of aryl methyl sites for hydroxylation is 1. The minimum Gasteiger partial charge on any atom is -0.294 e. The van der Waals surface area contributed by atoms with Gasteiger partial charge in [-0.2, -0.15) is 0 Å². The van der Waals surface area contributed by atoms with E-state index >= 15 is 0 Å². The Hall–Kier alpha value is -1.11. The highest BCUT2D eigenvalue weighted by atomic mass is 16.1. The average molecular weight is 188 g/mol. The molecule has 0 heterocycles. The van der Waals surface area contributed by atoms with Crippen LogP contribution in [0.5, 0.6) is 0 Å². The van der Waals surface area contributed by atoms with Crippen molar-refractivity contribution in [1.29, 1.82) is 0 Å². The molecule has 74 valence electrons. The molecule has 1 aliphatic carbocycles. The zero-order chi connectivity index (χ0) is 9.97. The fourth-order valence-electron chi connectivity index (χ4n) is 1.75. The molecule has 0 amide bonds. The number of ketones is 1. The summed E-state index contributed by atoms with van der Waals surface area (Å²) in [4.78, 5) is 11.8. The summed E-state index contributed by atoms with van der Waals surface area (Å²) < 4.78 is 0. The van der Waals surface area contributed by atoms with Gasteiger partial charge in [0.25, 0.3) is 0 Å². The van der Waals surface area contributed by atoms with Crippen LogP contribution in [-0.2, 0) is 6.42 Å². The smallest absolute Gasteiger partial charge is 0.165 e. The summed E-state index contributed by atoms with van der Waals surface area (Å²) in [6, 6.07) is 8.11. The molecule has 14 heavy (non-hydrogen) atoms. The molecule has 1 aromatic carbocycles. The molecule has 0 aliphatic heterocycles. The Bertz CT molecular complexity index is 337. The van der Waals surface area contributed by atoms with Crippen molar-refractivity contribution in [2.24, 2.45) is 5.92 Å². The third-order valence-electron chi connectivity index (χ3n) is 2.70. The monoisotopic (exact) mass is 188 g/mol. The summed E-state index contributed by atoms with van der Waals surface area (Å²) in [7, 11) is 0. The van der Waals surface area contributed by atoms with Crippen molar-refractivity contribution in [3.63, 3.8) is 0 Å². The van der Waals surface area contributed by atoms with Gasteiger partial charge in [-0.3, -0.25) is 4.79 Å². The zero-order valence-corrected chi connectivity index (χ0v) is 8.62. The maximum atomic E-state index is 11.8. The van der Waals surface area contributed by atoms with Crippen LogP contribution >= 0.6 is 0 Å². The average Bonchev–Trinajstić information content (AvgIpc) is 3.01. The predicted octanol–water partition coefficient (Wildman–Crippen LogP) is 3.23. The number of Topliss-reactive ketones (excluding diaryl/α,β-unsaturated/α-hetero) is 1. The topological polar surface area (TPSA) is 17.1 Å². The molecule has 0 spiro atoms. The van der Waals surface area contributed by atoms with Crippen molar-refractivity contribution in [2.75, 3.05) is 0 Å². The quantitative estimate of drug-likeness (QED) is 0.663. The number of hydrogen-bond donors (Lipinski definition) is 0. The van der Waals surface area contributed by atoms with Crippen LogP contribution in [0.1, 0.15) is 42.1 Å². The maximum Gasteiger partial charge on any atom is 0.165 e. The Labute approximate surface area is 85.1 Å². The standard InChI is InChI=1S/C13H16O/c1-2-4-10-5-3-6-12(9-10)13(14)11-7-8-11/h3,5-6,9,11H,2,4,7-8H2,1H3. The van der Waals surface area contributed by atoms with Crippen LogP contribution in [0, 0.1) is 5.92 Å². The van der Waals surface area contributed by atoms with E-state index in [4.69, 9.17) is 0 Å². The van der Waals surface area contributed by atoms with E-state index in [1.807, 2.05) is 12.1 Å². The Balaban J connectivity index is 2.16. The second-order valence-corrected chi connectivity index (χ2v) is 4.09. The lowest BCUT2D eigenvalue weighted by molar-refractivity contribution is 0.0967.